The van der Waals surface area contributed by atoms with Gasteiger partial charge < -0.3 is 10.6 Å². The minimum Gasteiger partial charge on any atom is -0.381 e. The lowest BCUT2D eigenvalue weighted by Crippen LogP contribution is -2.58. The van der Waals surface area contributed by atoms with E-state index in [1.807, 2.05) is 0 Å². The summed E-state index contributed by atoms with van der Waals surface area (Å²) in [7, 11) is 0. The van der Waals surface area contributed by atoms with Gasteiger partial charge in [-0.3, -0.25) is 14.9 Å². The van der Waals surface area contributed by atoms with E-state index in [0.717, 1.165) is 0 Å². The molecule has 0 saturated carbocycles. The number of imide groups is 1. The highest BCUT2D eigenvalue weighted by molar-refractivity contribution is 6.04. The third-order valence-electron chi connectivity index (χ3n) is 2.85. The first-order chi connectivity index (χ1) is 8.93. The third-order valence-corrected chi connectivity index (χ3v) is 2.85. The molecule has 1 aliphatic heterocycles. The van der Waals surface area contributed by atoms with Gasteiger partial charge in [0.25, 0.3) is 0 Å². The van der Waals surface area contributed by atoms with E-state index in [4.69, 9.17) is 5.73 Å². The van der Waals surface area contributed by atoms with E-state index in [0.29, 0.717) is 12.5 Å². The van der Waals surface area contributed by atoms with Crippen LogP contribution in [0.1, 0.15) is 13.3 Å². The second-order valence-corrected chi connectivity index (χ2v) is 4.13. The fourth-order valence-electron chi connectivity index (χ4n) is 1.97. The molecule has 6 nitrogen and oxygen atoms in total. The number of hydrogen-bond donors (Lipinski definition) is 2. The summed E-state index contributed by atoms with van der Waals surface area (Å²) in [6.45, 7) is 1.47. The highest BCUT2D eigenvalue weighted by atomic mass is 19.1. The molecule has 102 valence electrons. The molecule has 1 aliphatic rings. The van der Waals surface area contributed by atoms with Gasteiger partial charge in [-0.15, -0.1) is 0 Å². The SMILES string of the molecule is CCC1C(=O)NC(=O)CN1c1nc(N)c(F)cc1F. The molecule has 0 bridgehead atoms. The molecule has 2 heterocycles. The van der Waals surface area contributed by atoms with Gasteiger partial charge in [0.1, 0.15) is 6.04 Å². The van der Waals surface area contributed by atoms with E-state index in [1.165, 1.54) is 4.90 Å². The molecule has 1 unspecified atom stereocenters. The monoisotopic (exact) mass is 270 g/mol. The first kappa shape index (κ1) is 13.2. The minimum absolute atomic E-state index is 0.237. The van der Waals surface area contributed by atoms with Gasteiger partial charge >= 0.3 is 0 Å². The largest absolute Gasteiger partial charge is 0.381 e. The number of nitrogens with zero attached hydrogens (tertiary/aromatic N) is 2. The van der Waals surface area contributed by atoms with E-state index in [9.17, 15) is 18.4 Å². The van der Waals surface area contributed by atoms with Crippen LogP contribution >= 0.6 is 0 Å². The Balaban J connectivity index is 2.46. The molecular weight excluding hydrogens is 258 g/mol. The summed E-state index contributed by atoms with van der Waals surface area (Å²) < 4.78 is 26.8. The molecule has 1 aromatic heterocycles. The number of nitrogens with two attached hydrogens (primary N) is 1. The molecule has 8 heteroatoms. The van der Waals surface area contributed by atoms with Crippen LogP contribution in [-0.2, 0) is 9.59 Å². The number of carbonyl (C=O) groups excluding carboxylic acids is 2. The Bertz CT molecular complexity index is 550. The normalized spacial score (nSPS) is 19.5. The number of carbonyl (C=O) groups is 2. The number of amides is 2. The summed E-state index contributed by atoms with van der Waals surface area (Å²) in [6, 6.07) is -0.161. The summed E-state index contributed by atoms with van der Waals surface area (Å²) in [6.07, 6.45) is 0.345. The molecule has 19 heavy (non-hydrogen) atoms. The number of halogens is 2. The van der Waals surface area contributed by atoms with E-state index in [1.54, 1.807) is 6.92 Å². The molecule has 0 spiro atoms. The highest BCUT2D eigenvalue weighted by Crippen LogP contribution is 2.24. The first-order valence-corrected chi connectivity index (χ1v) is 5.66. The van der Waals surface area contributed by atoms with Gasteiger partial charge in [-0.25, -0.2) is 13.8 Å². The minimum atomic E-state index is -0.984. The lowest BCUT2D eigenvalue weighted by Gasteiger charge is -2.34. The smallest absolute Gasteiger partial charge is 0.249 e. The third kappa shape index (κ3) is 2.33. The van der Waals surface area contributed by atoms with Gasteiger partial charge in [-0.05, 0) is 6.42 Å². The van der Waals surface area contributed by atoms with Crippen LogP contribution in [0, 0.1) is 11.6 Å². The number of rotatable bonds is 2. The van der Waals surface area contributed by atoms with Crippen LogP contribution in [-0.4, -0.2) is 29.4 Å². The summed E-state index contributed by atoms with van der Waals surface area (Å²) in [5.41, 5.74) is 5.29. The maximum absolute atomic E-state index is 13.7. The van der Waals surface area contributed by atoms with Gasteiger partial charge in [0.05, 0.1) is 6.54 Å². The Hall–Kier alpha value is -2.25. The summed E-state index contributed by atoms with van der Waals surface area (Å²) in [5, 5.41) is 2.15. The Morgan fingerprint density at radius 3 is 2.79 bits per heavy atom. The molecule has 1 fully saturated rings. The fourth-order valence-corrected chi connectivity index (χ4v) is 1.97. The van der Waals surface area contributed by atoms with Crippen molar-refractivity contribution in [3.8, 4) is 0 Å². The number of aromatic nitrogens is 1. The van der Waals surface area contributed by atoms with Crippen LogP contribution in [0.5, 0.6) is 0 Å². The first-order valence-electron chi connectivity index (χ1n) is 5.66. The second-order valence-electron chi connectivity index (χ2n) is 4.13. The molecule has 0 aliphatic carbocycles. The number of anilines is 2. The number of piperazine rings is 1. The van der Waals surface area contributed by atoms with E-state index >= 15 is 0 Å². The van der Waals surface area contributed by atoms with E-state index in [-0.39, 0.29) is 12.4 Å². The molecule has 0 aromatic carbocycles. The molecule has 3 N–H and O–H groups in total. The lowest BCUT2D eigenvalue weighted by atomic mass is 10.1. The average molecular weight is 270 g/mol. The number of pyridine rings is 1. The van der Waals surface area contributed by atoms with Gasteiger partial charge in [-0.2, -0.15) is 0 Å². The summed E-state index contributed by atoms with van der Waals surface area (Å²) in [4.78, 5) is 27.8. The van der Waals surface area contributed by atoms with Crippen molar-refractivity contribution in [3.63, 3.8) is 0 Å². The standard InChI is InChI=1S/C11H12F2N4O2/c1-2-7-11(19)15-8(18)4-17(7)10-6(13)3-5(12)9(14)16-10/h3,7H,2,4H2,1H3,(H2,14,16)(H,15,18,19). The maximum atomic E-state index is 13.7. The number of nitrogen functional groups attached to an aromatic ring is 1. The van der Waals surface area contributed by atoms with Crippen molar-refractivity contribution in [2.45, 2.75) is 19.4 Å². The molecule has 0 radical (unpaired) electrons. The second kappa shape index (κ2) is 4.79. The molecular formula is C11H12F2N4O2. The van der Waals surface area contributed by atoms with Crippen LogP contribution in [0.15, 0.2) is 6.07 Å². The average Bonchev–Trinajstić information content (AvgIpc) is 2.33. The van der Waals surface area contributed by atoms with Crippen molar-refractivity contribution in [3.05, 3.63) is 17.7 Å². The van der Waals surface area contributed by atoms with Crippen molar-refractivity contribution in [2.75, 3.05) is 17.2 Å². The predicted octanol–water partition coefficient (Wildman–Crippen LogP) is 0.183. The van der Waals surface area contributed by atoms with Crippen molar-refractivity contribution in [1.82, 2.24) is 10.3 Å². The fraction of sp³-hybridized carbons (Fsp3) is 0.364. The molecule has 1 atom stereocenters. The van der Waals surface area contributed by atoms with Crippen molar-refractivity contribution in [1.29, 1.82) is 0 Å². The van der Waals surface area contributed by atoms with Gasteiger partial charge in [0.15, 0.2) is 23.3 Å². The molecule has 2 amide bonds. The zero-order chi connectivity index (χ0) is 14.2. The van der Waals surface area contributed by atoms with Crippen molar-refractivity contribution >= 4 is 23.5 Å². The van der Waals surface area contributed by atoms with Crippen LogP contribution < -0.4 is 16.0 Å². The number of hydrogen-bond acceptors (Lipinski definition) is 5. The Morgan fingerprint density at radius 2 is 2.16 bits per heavy atom. The van der Waals surface area contributed by atoms with Gasteiger partial charge in [0.2, 0.25) is 11.8 Å². The quantitative estimate of drug-likeness (QED) is 0.749. The zero-order valence-electron chi connectivity index (χ0n) is 10.1. The highest BCUT2D eigenvalue weighted by Gasteiger charge is 2.35. The predicted molar refractivity (Wildman–Crippen MR) is 63.1 cm³/mol. The topological polar surface area (TPSA) is 88.3 Å². The maximum Gasteiger partial charge on any atom is 0.249 e. The van der Waals surface area contributed by atoms with Crippen LogP contribution in [0.25, 0.3) is 0 Å². The van der Waals surface area contributed by atoms with Crippen LogP contribution in [0.2, 0.25) is 0 Å². The van der Waals surface area contributed by atoms with E-state index < -0.39 is 35.3 Å². The molecule has 2 rings (SSSR count). The summed E-state index contributed by atoms with van der Waals surface area (Å²) in [5.74, 6) is -3.84. The van der Waals surface area contributed by atoms with Crippen molar-refractivity contribution < 1.29 is 18.4 Å². The molecule has 1 aromatic rings. The lowest BCUT2D eigenvalue weighted by molar-refractivity contribution is -0.132. The number of nitrogens with one attached hydrogen (secondary N) is 1. The zero-order valence-corrected chi connectivity index (χ0v) is 10.1. The van der Waals surface area contributed by atoms with Crippen LogP contribution in [0.4, 0.5) is 20.4 Å². The Labute approximate surface area is 107 Å². The summed E-state index contributed by atoms with van der Waals surface area (Å²) >= 11 is 0. The van der Waals surface area contributed by atoms with Gasteiger partial charge in [-0.1, -0.05) is 6.92 Å². The Morgan fingerprint density at radius 1 is 1.47 bits per heavy atom. The van der Waals surface area contributed by atoms with Gasteiger partial charge in [0, 0.05) is 6.07 Å². The van der Waals surface area contributed by atoms with Crippen LogP contribution in [0.3, 0.4) is 0 Å². The molecule has 1 saturated heterocycles. The van der Waals surface area contributed by atoms with E-state index in [2.05, 4.69) is 10.3 Å². The Kier molecular flexibility index (Phi) is 3.32. The van der Waals surface area contributed by atoms with Crippen molar-refractivity contribution in [2.24, 2.45) is 0 Å².